The molecule has 0 heterocycles. The van der Waals surface area contributed by atoms with Crippen LogP contribution in [0.4, 0.5) is 0 Å². The molecule has 0 bridgehead atoms. The number of likely N-dealkylation sites (N-methyl/N-ethyl adjacent to an activating group) is 1. The summed E-state index contributed by atoms with van der Waals surface area (Å²) in [6, 6.07) is 0. The zero-order valence-corrected chi connectivity index (χ0v) is 67.2. The highest BCUT2D eigenvalue weighted by Crippen LogP contribution is 2.38. The number of phosphoric acid groups is 1. The Kier molecular flexibility index (Phi) is 77.5. The van der Waals surface area contributed by atoms with Gasteiger partial charge in [0, 0.05) is 12.8 Å². The number of hydrogen-bond acceptors (Lipinski definition) is 8. The van der Waals surface area contributed by atoms with E-state index in [0.717, 1.165) is 44.9 Å². The lowest BCUT2D eigenvalue weighted by Crippen LogP contribution is -2.37. The lowest BCUT2D eigenvalue weighted by atomic mass is 10.0. The summed E-state index contributed by atoms with van der Waals surface area (Å²) in [4.78, 5) is 38.2. The summed E-state index contributed by atoms with van der Waals surface area (Å²) in [6.45, 7) is 4.30. The van der Waals surface area contributed by atoms with Crippen LogP contribution in [0.15, 0.2) is 48.6 Å². The van der Waals surface area contributed by atoms with E-state index in [4.69, 9.17) is 18.5 Å². The van der Waals surface area contributed by atoms with Gasteiger partial charge in [-0.05, 0) is 77.0 Å². The Bertz CT molecular complexity index is 1790. The van der Waals surface area contributed by atoms with E-state index in [-0.39, 0.29) is 32.0 Å². The molecular formula is C88H168NO8P. The normalized spacial score (nSPS) is 13.2. The van der Waals surface area contributed by atoms with Crippen molar-refractivity contribution in [3.05, 3.63) is 48.6 Å². The Morgan fingerprint density at radius 2 is 0.551 bits per heavy atom. The van der Waals surface area contributed by atoms with Crippen LogP contribution in [0, 0.1) is 0 Å². The summed E-state index contributed by atoms with van der Waals surface area (Å²) in [6.07, 6.45) is 106. The van der Waals surface area contributed by atoms with Gasteiger partial charge in [-0.25, -0.2) is 0 Å². The molecule has 98 heavy (non-hydrogen) atoms. The van der Waals surface area contributed by atoms with Gasteiger partial charge in [-0.3, -0.25) is 14.2 Å². The number of rotatable bonds is 82. The average Bonchev–Trinajstić information content (AvgIpc) is 1.08. The molecule has 0 aliphatic rings. The molecule has 0 rings (SSSR count). The van der Waals surface area contributed by atoms with Crippen LogP contribution >= 0.6 is 7.82 Å². The molecule has 0 N–H and O–H groups in total. The topological polar surface area (TPSA) is 111 Å². The lowest BCUT2D eigenvalue weighted by molar-refractivity contribution is -0.870. The predicted molar refractivity (Wildman–Crippen MR) is 425 cm³/mol. The first kappa shape index (κ1) is 96.0. The minimum atomic E-state index is -4.64. The van der Waals surface area contributed by atoms with Crippen LogP contribution in [-0.4, -0.2) is 70.0 Å². The third-order valence-electron chi connectivity index (χ3n) is 19.8. The fourth-order valence-electron chi connectivity index (χ4n) is 13.2. The molecular weight excluding hydrogens is 1230 g/mol. The van der Waals surface area contributed by atoms with Crippen molar-refractivity contribution >= 4 is 19.8 Å². The van der Waals surface area contributed by atoms with Crippen molar-refractivity contribution in [2.45, 2.75) is 457 Å². The molecule has 0 aliphatic heterocycles. The average molecular weight is 1400 g/mol. The van der Waals surface area contributed by atoms with E-state index < -0.39 is 26.5 Å². The first-order chi connectivity index (χ1) is 48.0. The molecule has 2 atom stereocenters. The Morgan fingerprint density at radius 1 is 0.316 bits per heavy atom. The highest BCUT2D eigenvalue weighted by molar-refractivity contribution is 7.45. The molecule has 2 unspecified atom stereocenters. The van der Waals surface area contributed by atoms with Crippen molar-refractivity contribution in [1.82, 2.24) is 0 Å². The van der Waals surface area contributed by atoms with E-state index in [1.807, 2.05) is 21.1 Å². The van der Waals surface area contributed by atoms with Crippen LogP contribution in [0.3, 0.4) is 0 Å². The van der Waals surface area contributed by atoms with Gasteiger partial charge in [0.1, 0.15) is 19.8 Å². The number of unbranched alkanes of at least 4 members (excludes halogenated alkanes) is 60. The number of ether oxygens (including phenoxy) is 2. The van der Waals surface area contributed by atoms with Crippen LogP contribution in [0.5, 0.6) is 0 Å². The first-order valence-electron chi connectivity index (χ1n) is 43.3. The van der Waals surface area contributed by atoms with E-state index in [9.17, 15) is 19.0 Å². The quantitative estimate of drug-likeness (QED) is 0.0195. The maximum Gasteiger partial charge on any atom is 0.306 e. The summed E-state index contributed by atoms with van der Waals surface area (Å²) < 4.78 is 34.5. The molecule has 0 aromatic carbocycles. The lowest BCUT2D eigenvalue weighted by Gasteiger charge is -2.28. The molecule has 0 radical (unpaired) electrons. The van der Waals surface area contributed by atoms with Crippen molar-refractivity contribution in [2.75, 3.05) is 47.5 Å². The first-order valence-corrected chi connectivity index (χ1v) is 44.8. The Hall–Kier alpha value is -2.03. The second kappa shape index (κ2) is 79.1. The number of esters is 2. The number of hydrogen-bond donors (Lipinski definition) is 0. The molecule has 0 aliphatic carbocycles. The third-order valence-corrected chi connectivity index (χ3v) is 20.8. The van der Waals surface area contributed by atoms with Gasteiger partial charge < -0.3 is 27.9 Å². The van der Waals surface area contributed by atoms with Crippen LogP contribution in [0.1, 0.15) is 450 Å². The SMILES string of the molecule is CCCCCCC/C=C\C/C=C\CCCCCCCCCCCCCCCCCCCCCCCCCCCCCCCC(=O)OC(COC(=O)CCCCCCCCCCCCCCCCCCCCCCC/C=C\C/C=C\CCCCCCC)COP(=O)([O-])OCC[N+](C)(C)C. The summed E-state index contributed by atoms with van der Waals surface area (Å²) in [5.74, 6) is -0.806. The zero-order valence-electron chi connectivity index (χ0n) is 66.3. The van der Waals surface area contributed by atoms with Gasteiger partial charge in [0.25, 0.3) is 7.82 Å². The summed E-state index contributed by atoms with van der Waals surface area (Å²) in [7, 11) is 1.19. The summed E-state index contributed by atoms with van der Waals surface area (Å²) >= 11 is 0. The largest absolute Gasteiger partial charge is 0.756 e. The van der Waals surface area contributed by atoms with E-state index in [0.29, 0.717) is 17.4 Å². The fourth-order valence-corrected chi connectivity index (χ4v) is 13.9. The van der Waals surface area contributed by atoms with Crippen LogP contribution in [-0.2, 0) is 32.7 Å². The van der Waals surface area contributed by atoms with Crippen LogP contribution in [0.2, 0.25) is 0 Å². The zero-order chi connectivity index (χ0) is 71.1. The van der Waals surface area contributed by atoms with Crippen molar-refractivity contribution in [2.24, 2.45) is 0 Å². The van der Waals surface area contributed by atoms with Gasteiger partial charge in [0.15, 0.2) is 6.10 Å². The second-order valence-corrected chi connectivity index (χ2v) is 32.3. The summed E-state index contributed by atoms with van der Waals surface area (Å²) in [5.41, 5.74) is 0. The van der Waals surface area contributed by atoms with E-state index in [2.05, 4.69) is 62.5 Å². The van der Waals surface area contributed by atoms with Crippen molar-refractivity contribution in [3.8, 4) is 0 Å². The molecule has 0 spiro atoms. The predicted octanol–water partition coefficient (Wildman–Crippen LogP) is 28.4. The molecule has 0 amide bonds. The Labute approximate surface area is 611 Å². The maximum atomic E-state index is 12.9. The van der Waals surface area contributed by atoms with Gasteiger partial charge in [0.2, 0.25) is 0 Å². The number of quaternary nitrogens is 1. The Morgan fingerprint density at radius 3 is 0.806 bits per heavy atom. The van der Waals surface area contributed by atoms with E-state index >= 15 is 0 Å². The maximum absolute atomic E-state index is 12.9. The van der Waals surface area contributed by atoms with Crippen LogP contribution in [0.25, 0.3) is 0 Å². The molecule has 10 heteroatoms. The number of phosphoric ester groups is 1. The van der Waals surface area contributed by atoms with Crippen LogP contribution < -0.4 is 4.89 Å². The van der Waals surface area contributed by atoms with Crippen molar-refractivity contribution in [3.63, 3.8) is 0 Å². The van der Waals surface area contributed by atoms with E-state index in [1.54, 1.807) is 0 Å². The molecule has 578 valence electrons. The molecule has 0 saturated heterocycles. The number of nitrogens with zero attached hydrogens (tertiary/aromatic N) is 1. The summed E-state index contributed by atoms with van der Waals surface area (Å²) in [5, 5.41) is 0. The smallest absolute Gasteiger partial charge is 0.306 e. The standard InChI is InChI=1S/C88H168NO8P/c1-6-8-10-12-14-16-18-20-22-24-26-28-30-32-34-36-38-40-41-42-43-44-45-46-47-49-51-53-55-57-59-61-63-65-67-69-71-73-75-77-79-81-88(91)97-86(85-96-98(92,93)95-83-82-89(3,4)5)84-94-87(90)80-78-76-74-72-70-68-66-64-62-60-58-56-54-52-50-48-39-37-35-33-31-29-27-25-23-21-19-17-15-13-11-9-7-2/h18-21,24-27,86H,6-17,22-23,28-85H2,1-5H3/b20-18-,21-19-,26-24-,27-25-. The number of carbonyl (C=O) groups excluding carboxylic acids is 2. The molecule has 0 saturated carbocycles. The van der Waals surface area contributed by atoms with Gasteiger partial charge >= 0.3 is 11.9 Å². The fraction of sp³-hybridized carbons (Fsp3) is 0.886. The van der Waals surface area contributed by atoms with Gasteiger partial charge in [-0.2, -0.15) is 0 Å². The molecule has 0 aromatic heterocycles. The van der Waals surface area contributed by atoms with Gasteiger partial charge in [-0.1, -0.05) is 409 Å². The van der Waals surface area contributed by atoms with Crippen molar-refractivity contribution < 1.29 is 42.1 Å². The highest BCUT2D eigenvalue weighted by atomic mass is 31.2. The third kappa shape index (κ3) is 82.9. The second-order valence-electron chi connectivity index (χ2n) is 30.9. The minimum absolute atomic E-state index is 0.0273. The highest BCUT2D eigenvalue weighted by Gasteiger charge is 2.22. The number of carbonyl (C=O) groups is 2. The van der Waals surface area contributed by atoms with Gasteiger partial charge in [0.05, 0.1) is 27.7 Å². The monoisotopic (exact) mass is 1400 g/mol. The number of allylic oxidation sites excluding steroid dienone is 8. The molecule has 0 aromatic rings. The van der Waals surface area contributed by atoms with E-state index in [1.165, 1.54) is 372 Å². The van der Waals surface area contributed by atoms with Gasteiger partial charge in [-0.15, -0.1) is 0 Å². The molecule has 9 nitrogen and oxygen atoms in total. The Balaban J connectivity index is 3.85. The van der Waals surface area contributed by atoms with Crippen molar-refractivity contribution in [1.29, 1.82) is 0 Å². The molecule has 0 fully saturated rings. The minimum Gasteiger partial charge on any atom is -0.756 e.